The van der Waals surface area contributed by atoms with Gasteiger partial charge in [-0.1, -0.05) is 109 Å². The molecule has 0 saturated heterocycles. The maximum atomic E-state index is 7.80. The number of para-hydroxylation sites is 2. The van der Waals surface area contributed by atoms with Crippen molar-refractivity contribution in [1.82, 2.24) is 4.57 Å². The predicted molar refractivity (Wildman–Crippen MR) is 200 cm³/mol. The molecule has 0 fully saturated rings. The number of fused-ring (bicyclic) bond motifs is 3. The second-order valence-electron chi connectivity index (χ2n) is 11.2. The Hall–Kier alpha value is -5.52. The summed E-state index contributed by atoms with van der Waals surface area (Å²) in [5.74, 6) is 0.221. The molecule has 5 heteroatoms. The standard InChI is InChI=1S/C30H19N.C14H12N3.Na/c1-3-10-22(11-4-1)23-12-9-13-24(20-23)25-18-19-30-28(21-25)27-16-7-8-17-29(27)31(30)26-14-5-2-6-15-26;15-13(11-7-3-1-4-8-11)17-14(16)12-9-5-2-6-10-12;/h1-10,13-21H;1-10H,(H2-,15,16,17);/q-2;-1;+1. The van der Waals surface area contributed by atoms with Crippen LogP contribution in [0.3, 0.4) is 0 Å². The zero-order valence-electron chi connectivity index (χ0n) is 27.1. The summed E-state index contributed by atoms with van der Waals surface area (Å²) in [5.41, 5.74) is 17.4. The number of aromatic nitrogens is 1. The van der Waals surface area contributed by atoms with E-state index in [0.717, 1.165) is 11.1 Å². The van der Waals surface area contributed by atoms with Gasteiger partial charge in [-0.05, 0) is 47.0 Å². The number of nitrogens with zero attached hydrogens (tertiary/aromatic N) is 2. The molecule has 0 saturated carbocycles. The van der Waals surface area contributed by atoms with Crippen LogP contribution in [0.25, 0.3) is 55.5 Å². The first-order valence-corrected chi connectivity index (χ1v) is 15.7. The minimum atomic E-state index is 0. The zero-order valence-corrected chi connectivity index (χ0v) is 29.1. The van der Waals surface area contributed by atoms with Crippen molar-refractivity contribution in [2.24, 2.45) is 4.99 Å². The molecular weight excluding hydrogens is 608 g/mol. The van der Waals surface area contributed by atoms with E-state index in [9.17, 15) is 0 Å². The van der Waals surface area contributed by atoms with E-state index in [1.165, 1.54) is 38.6 Å². The molecule has 0 unspecified atom stereocenters. The smallest absolute Gasteiger partial charge is 0.482 e. The first-order chi connectivity index (χ1) is 23.7. The third-order valence-corrected chi connectivity index (χ3v) is 8.14. The van der Waals surface area contributed by atoms with Gasteiger partial charge < -0.3 is 20.7 Å². The normalized spacial score (nSPS) is 11.0. The van der Waals surface area contributed by atoms with E-state index in [0.29, 0.717) is 11.1 Å². The van der Waals surface area contributed by atoms with Crippen LogP contribution in [0, 0.1) is 17.5 Å². The number of benzene rings is 7. The molecule has 0 spiro atoms. The van der Waals surface area contributed by atoms with Crippen molar-refractivity contribution in [2.75, 3.05) is 0 Å². The van der Waals surface area contributed by atoms with Crippen LogP contribution in [-0.2, 0) is 0 Å². The average Bonchev–Trinajstić information content (AvgIpc) is 3.50. The van der Waals surface area contributed by atoms with Crippen molar-refractivity contribution < 1.29 is 29.6 Å². The molecule has 0 amide bonds. The van der Waals surface area contributed by atoms with Crippen LogP contribution >= 0.6 is 0 Å². The van der Waals surface area contributed by atoms with Gasteiger partial charge >= 0.3 is 29.6 Å². The summed E-state index contributed by atoms with van der Waals surface area (Å²) in [6.45, 7) is 0. The number of hydrogen-bond donors (Lipinski definition) is 1. The molecule has 49 heavy (non-hydrogen) atoms. The molecule has 8 aromatic rings. The van der Waals surface area contributed by atoms with Gasteiger partial charge in [0.15, 0.2) is 0 Å². The number of rotatable bonds is 5. The zero-order chi connectivity index (χ0) is 32.7. The maximum Gasteiger partial charge on any atom is 1.00 e. The average molecular weight is 639 g/mol. The second kappa shape index (κ2) is 15.6. The molecule has 1 heterocycles. The fourth-order valence-corrected chi connectivity index (χ4v) is 5.80. The Morgan fingerprint density at radius 3 is 1.84 bits per heavy atom. The van der Waals surface area contributed by atoms with Crippen LogP contribution < -0.4 is 29.6 Å². The quantitative estimate of drug-likeness (QED) is 0.0855. The Balaban J connectivity index is 0.000000198. The topological polar surface area (TPSA) is 64.9 Å². The van der Waals surface area contributed by atoms with Gasteiger partial charge in [-0.2, -0.15) is 42.5 Å². The third-order valence-electron chi connectivity index (χ3n) is 8.14. The fraction of sp³-hybridized carbons (Fsp3) is 0. The summed E-state index contributed by atoms with van der Waals surface area (Å²) >= 11 is 0. The van der Waals surface area contributed by atoms with Gasteiger partial charge in [-0.15, -0.1) is 17.7 Å². The van der Waals surface area contributed by atoms with Crippen LogP contribution in [0.5, 0.6) is 0 Å². The van der Waals surface area contributed by atoms with Gasteiger partial charge in [-0.3, -0.25) is 0 Å². The van der Waals surface area contributed by atoms with E-state index in [-0.39, 0.29) is 41.2 Å². The van der Waals surface area contributed by atoms with Crippen LogP contribution in [0.2, 0.25) is 0 Å². The van der Waals surface area contributed by atoms with Gasteiger partial charge in [0.1, 0.15) is 0 Å². The Kier molecular flexibility index (Phi) is 10.6. The minimum absolute atomic E-state index is 0. The molecule has 0 aliphatic carbocycles. The van der Waals surface area contributed by atoms with Crippen LogP contribution in [0.15, 0.2) is 181 Å². The molecule has 8 rings (SSSR count). The van der Waals surface area contributed by atoms with Gasteiger partial charge in [-0.25, -0.2) is 11.1 Å². The van der Waals surface area contributed by atoms with Crippen molar-refractivity contribution in [3.63, 3.8) is 0 Å². The van der Waals surface area contributed by atoms with E-state index < -0.39 is 0 Å². The molecule has 4 nitrogen and oxygen atoms in total. The molecule has 1 aromatic heterocycles. The van der Waals surface area contributed by atoms with Crippen LogP contribution in [-0.4, -0.2) is 16.2 Å². The molecule has 0 atom stereocenters. The van der Waals surface area contributed by atoms with Crippen LogP contribution in [0.4, 0.5) is 0 Å². The minimum Gasteiger partial charge on any atom is -0.482 e. The van der Waals surface area contributed by atoms with Crippen molar-refractivity contribution >= 4 is 33.5 Å². The largest absolute Gasteiger partial charge is 1.00 e. The SMILES string of the molecule is N=C(N=C([NH-])c1ccccc1)c1ccccc1.[Na+].[c-]1ccccc1-c1[c-]ccc(-c2ccc3c(c2)c2ccccc2n3-c2ccccc2)c1. The summed E-state index contributed by atoms with van der Waals surface area (Å²) in [6.07, 6.45) is 0. The summed E-state index contributed by atoms with van der Waals surface area (Å²) < 4.78 is 2.34. The molecular formula is C44H31N4Na-2. The molecule has 7 aromatic carbocycles. The summed E-state index contributed by atoms with van der Waals surface area (Å²) in [7, 11) is 0. The summed E-state index contributed by atoms with van der Waals surface area (Å²) in [6, 6.07) is 65.4. The fourth-order valence-electron chi connectivity index (χ4n) is 5.80. The number of nitrogens with one attached hydrogen (secondary N) is 2. The Bertz CT molecular complexity index is 2350. The molecule has 0 bridgehead atoms. The molecule has 230 valence electrons. The van der Waals surface area contributed by atoms with Gasteiger partial charge in [0.2, 0.25) is 0 Å². The van der Waals surface area contributed by atoms with Crippen molar-refractivity contribution in [3.05, 3.63) is 205 Å². The van der Waals surface area contributed by atoms with Gasteiger partial charge in [0.05, 0.1) is 11.0 Å². The Morgan fingerprint density at radius 2 is 1.12 bits per heavy atom. The Labute approximate surface area is 309 Å². The predicted octanol–water partition coefficient (Wildman–Crippen LogP) is 8.23. The van der Waals surface area contributed by atoms with E-state index in [2.05, 4.69) is 113 Å². The van der Waals surface area contributed by atoms with Crippen LogP contribution in [0.1, 0.15) is 11.1 Å². The first-order valence-electron chi connectivity index (χ1n) is 15.7. The van der Waals surface area contributed by atoms with Crippen molar-refractivity contribution in [3.8, 4) is 27.9 Å². The number of hydrogen-bond acceptors (Lipinski definition) is 1. The van der Waals surface area contributed by atoms with E-state index in [4.69, 9.17) is 11.1 Å². The molecule has 0 aliphatic heterocycles. The number of amidine groups is 2. The van der Waals surface area contributed by atoms with E-state index in [1.54, 1.807) is 0 Å². The third kappa shape index (κ3) is 7.48. The number of aliphatic imine (C=N–C) groups is 1. The second-order valence-corrected chi connectivity index (χ2v) is 11.2. The molecule has 0 radical (unpaired) electrons. The van der Waals surface area contributed by atoms with E-state index in [1.807, 2.05) is 84.9 Å². The monoisotopic (exact) mass is 638 g/mol. The Morgan fingerprint density at radius 1 is 0.531 bits per heavy atom. The van der Waals surface area contributed by atoms with Gasteiger partial charge in [0, 0.05) is 22.3 Å². The van der Waals surface area contributed by atoms with Crippen molar-refractivity contribution in [1.29, 1.82) is 5.41 Å². The van der Waals surface area contributed by atoms with Gasteiger partial charge in [0.25, 0.3) is 0 Å². The molecule has 2 N–H and O–H groups in total. The first kappa shape index (κ1) is 33.4. The van der Waals surface area contributed by atoms with Crippen molar-refractivity contribution in [2.45, 2.75) is 0 Å². The van der Waals surface area contributed by atoms with E-state index >= 15 is 0 Å². The summed E-state index contributed by atoms with van der Waals surface area (Å²) in [4.78, 5) is 3.98. The summed E-state index contributed by atoms with van der Waals surface area (Å²) in [5, 5.41) is 10.3. The maximum absolute atomic E-state index is 7.80. The molecule has 0 aliphatic rings.